The largest absolute Gasteiger partial charge is 0.496 e. The number of benzene rings is 1. The molecule has 0 saturated heterocycles. The lowest BCUT2D eigenvalue weighted by Gasteiger charge is -2.13. The maximum atomic E-state index is 6.09. The first-order chi connectivity index (χ1) is 7.31. The number of hydrogen-bond acceptors (Lipinski definition) is 3. The van der Waals surface area contributed by atoms with Gasteiger partial charge < -0.3 is 10.5 Å². The van der Waals surface area contributed by atoms with Gasteiger partial charge in [0.2, 0.25) is 0 Å². The number of thioether (sulfide) groups is 1. The van der Waals surface area contributed by atoms with Gasteiger partial charge in [-0.2, -0.15) is 0 Å². The molecular formula is C12H15NOS. The molecule has 0 bridgehead atoms. The molecule has 0 saturated carbocycles. The second-order valence-electron chi connectivity index (χ2n) is 3.49. The quantitative estimate of drug-likeness (QED) is 0.797. The third-order valence-electron chi connectivity index (χ3n) is 2.51. The molecule has 0 aromatic heterocycles. The van der Waals surface area contributed by atoms with Crippen molar-refractivity contribution >= 4 is 11.8 Å². The molecule has 2 nitrogen and oxygen atoms in total. The molecule has 0 radical (unpaired) electrons. The molecule has 0 fully saturated rings. The Kier molecular flexibility index (Phi) is 3.34. The van der Waals surface area contributed by atoms with Crippen molar-refractivity contribution in [3.8, 4) is 0 Å². The lowest BCUT2D eigenvalue weighted by molar-refractivity contribution is 0.225. The van der Waals surface area contributed by atoms with Crippen LogP contribution in [0.1, 0.15) is 18.0 Å². The van der Waals surface area contributed by atoms with E-state index in [2.05, 4.69) is 36.6 Å². The second-order valence-corrected chi connectivity index (χ2v) is 4.37. The van der Waals surface area contributed by atoms with Crippen molar-refractivity contribution in [3.05, 3.63) is 41.7 Å². The molecular weight excluding hydrogens is 206 g/mol. The Morgan fingerprint density at radius 1 is 1.33 bits per heavy atom. The number of nitrogens with two attached hydrogens (primary N) is 1. The zero-order chi connectivity index (χ0) is 10.7. The fraction of sp³-hybridized carbons (Fsp3) is 0.333. The van der Waals surface area contributed by atoms with Gasteiger partial charge >= 0.3 is 0 Å². The summed E-state index contributed by atoms with van der Waals surface area (Å²) in [5.74, 6) is 0.909. The summed E-state index contributed by atoms with van der Waals surface area (Å²) in [5.41, 5.74) is 7.20. The molecule has 1 unspecified atom stereocenters. The average molecular weight is 221 g/mol. The van der Waals surface area contributed by atoms with E-state index < -0.39 is 0 Å². The van der Waals surface area contributed by atoms with Crippen LogP contribution in [0.2, 0.25) is 0 Å². The van der Waals surface area contributed by atoms with Gasteiger partial charge in [-0.15, -0.1) is 11.8 Å². The highest BCUT2D eigenvalue weighted by Gasteiger charge is 2.16. The van der Waals surface area contributed by atoms with Gasteiger partial charge in [0.15, 0.2) is 0 Å². The second kappa shape index (κ2) is 4.73. The van der Waals surface area contributed by atoms with Crippen molar-refractivity contribution in [1.82, 2.24) is 0 Å². The van der Waals surface area contributed by atoms with Crippen LogP contribution in [0.5, 0.6) is 0 Å². The minimum atomic E-state index is -0.108. The summed E-state index contributed by atoms with van der Waals surface area (Å²) in [6, 6.07) is 8.21. The highest BCUT2D eigenvalue weighted by molar-refractivity contribution is 7.98. The fourth-order valence-corrected chi connectivity index (χ4v) is 2.04. The van der Waals surface area contributed by atoms with E-state index in [0.717, 1.165) is 24.4 Å². The van der Waals surface area contributed by atoms with Crippen molar-refractivity contribution in [3.63, 3.8) is 0 Å². The van der Waals surface area contributed by atoms with E-state index in [1.54, 1.807) is 11.8 Å². The zero-order valence-corrected chi connectivity index (χ0v) is 9.59. The molecule has 1 aliphatic rings. The maximum absolute atomic E-state index is 6.09. The summed E-state index contributed by atoms with van der Waals surface area (Å²) in [4.78, 5) is 1.26. The molecule has 1 heterocycles. The van der Waals surface area contributed by atoms with E-state index in [0.29, 0.717) is 0 Å². The Balaban J connectivity index is 2.14. The first-order valence-corrected chi connectivity index (χ1v) is 6.26. The highest BCUT2D eigenvalue weighted by Crippen LogP contribution is 2.25. The van der Waals surface area contributed by atoms with Gasteiger partial charge in [0.05, 0.1) is 12.6 Å². The van der Waals surface area contributed by atoms with Gasteiger partial charge in [0.25, 0.3) is 0 Å². The third kappa shape index (κ3) is 2.36. The van der Waals surface area contributed by atoms with Gasteiger partial charge in [-0.1, -0.05) is 12.1 Å². The number of ether oxygens (including phenoxy) is 1. The molecule has 0 spiro atoms. The Labute approximate surface area is 94.5 Å². The van der Waals surface area contributed by atoms with E-state index in [9.17, 15) is 0 Å². The lowest BCUT2D eigenvalue weighted by atomic mass is 10.1. The van der Waals surface area contributed by atoms with E-state index in [1.165, 1.54) is 4.90 Å². The molecule has 0 amide bonds. The molecule has 0 aliphatic carbocycles. The molecule has 15 heavy (non-hydrogen) atoms. The predicted molar refractivity (Wildman–Crippen MR) is 63.8 cm³/mol. The first kappa shape index (κ1) is 10.6. The van der Waals surface area contributed by atoms with Crippen molar-refractivity contribution < 1.29 is 4.74 Å². The van der Waals surface area contributed by atoms with Crippen LogP contribution in [0, 0.1) is 0 Å². The summed E-state index contributed by atoms with van der Waals surface area (Å²) in [5, 5.41) is 0. The van der Waals surface area contributed by atoms with Crippen LogP contribution in [0.4, 0.5) is 0 Å². The lowest BCUT2D eigenvalue weighted by Crippen LogP contribution is -2.13. The normalized spacial score (nSPS) is 17.1. The van der Waals surface area contributed by atoms with Crippen molar-refractivity contribution in [2.24, 2.45) is 5.73 Å². The standard InChI is InChI=1S/C12H15NOS/c1-15-10-6-4-9(5-7-10)12(13)11-3-2-8-14-11/h3-7,12H,2,8,13H2,1H3. The Morgan fingerprint density at radius 3 is 2.60 bits per heavy atom. The Morgan fingerprint density at radius 2 is 2.07 bits per heavy atom. The van der Waals surface area contributed by atoms with E-state index in [1.807, 2.05) is 0 Å². The van der Waals surface area contributed by atoms with Crippen LogP contribution in [0.15, 0.2) is 41.0 Å². The summed E-state index contributed by atoms with van der Waals surface area (Å²) < 4.78 is 5.46. The van der Waals surface area contributed by atoms with Crippen LogP contribution in [-0.2, 0) is 4.74 Å². The minimum Gasteiger partial charge on any atom is -0.496 e. The molecule has 1 aliphatic heterocycles. The van der Waals surface area contributed by atoms with Crippen LogP contribution in [0.25, 0.3) is 0 Å². The van der Waals surface area contributed by atoms with E-state index in [4.69, 9.17) is 10.5 Å². The van der Waals surface area contributed by atoms with Crippen LogP contribution < -0.4 is 5.73 Å². The average Bonchev–Trinajstić information content (AvgIpc) is 2.82. The van der Waals surface area contributed by atoms with E-state index in [-0.39, 0.29) is 6.04 Å². The first-order valence-electron chi connectivity index (χ1n) is 5.03. The molecule has 1 atom stereocenters. The van der Waals surface area contributed by atoms with Crippen molar-refractivity contribution in [2.45, 2.75) is 17.4 Å². The van der Waals surface area contributed by atoms with Crippen LogP contribution >= 0.6 is 11.8 Å². The van der Waals surface area contributed by atoms with Gasteiger partial charge in [-0.05, 0) is 30.0 Å². The molecule has 1 aromatic carbocycles. The summed E-state index contributed by atoms with van der Waals surface area (Å²) in [6.45, 7) is 0.770. The molecule has 1 aromatic rings. The summed E-state index contributed by atoms with van der Waals surface area (Å²) >= 11 is 1.73. The maximum Gasteiger partial charge on any atom is 0.113 e. The predicted octanol–water partition coefficient (Wildman–Crippen LogP) is 2.71. The summed E-state index contributed by atoms with van der Waals surface area (Å²) in [7, 11) is 0. The third-order valence-corrected chi connectivity index (χ3v) is 3.26. The molecule has 3 heteroatoms. The van der Waals surface area contributed by atoms with Crippen LogP contribution in [0.3, 0.4) is 0 Å². The smallest absolute Gasteiger partial charge is 0.113 e. The molecule has 2 rings (SSSR count). The van der Waals surface area contributed by atoms with Crippen LogP contribution in [-0.4, -0.2) is 12.9 Å². The number of rotatable bonds is 3. The van der Waals surface area contributed by atoms with Gasteiger partial charge in [-0.3, -0.25) is 0 Å². The van der Waals surface area contributed by atoms with Gasteiger partial charge in [-0.25, -0.2) is 0 Å². The number of hydrogen-bond donors (Lipinski definition) is 1. The highest BCUT2D eigenvalue weighted by atomic mass is 32.2. The van der Waals surface area contributed by atoms with E-state index >= 15 is 0 Å². The molecule has 2 N–H and O–H groups in total. The van der Waals surface area contributed by atoms with Gasteiger partial charge in [0.1, 0.15) is 5.76 Å². The fourth-order valence-electron chi connectivity index (χ4n) is 1.63. The minimum absolute atomic E-state index is 0.108. The Bertz CT molecular complexity index is 358. The monoisotopic (exact) mass is 221 g/mol. The SMILES string of the molecule is CSc1ccc(C(N)C2=CCCO2)cc1. The molecule has 80 valence electrons. The van der Waals surface area contributed by atoms with Crippen molar-refractivity contribution in [2.75, 3.05) is 12.9 Å². The topological polar surface area (TPSA) is 35.2 Å². The summed E-state index contributed by atoms with van der Waals surface area (Å²) in [6.07, 6.45) is 5.12. The van der Waals surface area contributed by atoms with Crippen molar-refractivity contribution in [1.29, 1.82) is 0 Å². The Hall–Kier alpha value is -0.930. The van der Waals surface area contributed by atoms with Gasteiger partial charge in [0, 0.05) is 11.3 Å². The zero-order valence-electron chi connectivity index (χ0n) is 8.77.